The SMILES string of the molecule is C#CCC(C)NCc1cc(O)cc(F)c1. The minimum atomic E-state index is -0.434. The maximum absolute atomic E-state index is 12.9. The third-order valence-corrected chi connectivity index (χ3v) is 2.02. The topological polar surface area (TPSA) is 32.3 Å². The van der Waals surface area contributed by atoms with E-state index in [0.29, 0.717) is 18.5 Å². The molecule has 0 saturated heterocycles. The molecule has 0 heterocycles. The van der Waals surface area contributed by atoms with Crippen LogP contribution >= 0.6 is 0 Å². The second kappa shape index (κ2) is 5.38. The summed E-state index contributed by atoms with van der Waals surface area (Å²) in [4.78, 5) is 0. The van der Waals surface area contributed by atoms with Gasteiger partial charge >= 0.3 is 0 Å². The summed E-state index contributed by atoms with van der Waals surface area (Å²) in [5.74, 6) is 2.05. The second-order valence-corrected chi connectivity index (χ2v) is 3.51. The van der Waals surface area contributed by atoms with Gasteiger partial charge in [0, 0.05) is 25.1 Å². The molecule has 0 aliphatic heterocycles. The molecule has 0 aromatic heterocycles. The molecule has 0 aliphatic rings. The van der Waals surface area contributed by atoms with Gasteiger partial charge in [0.15, 0.2) is 0 Å². The quantitative estimate of drug-likeness (QED) is 0.740. The highest BCUT2D eigenvalue weighted by atomic mass is 19.1. The lowest BCUT2D eigenvalue weighted by Crippen LogP contribution is -2.24. The minimum Gasteiger partial charge on any atom is -0.508 e. The molecule has 0 amide bonds. The molecule has 3 heteroatoms. The van der Waals surface area contributed by atoms with Crippen LogP contribution in [0.25, 0.3) is 0 Å². The number of phenolic OH excluding ortho intramolecular Hbond substituents is 1. The summed E-state index contributed by atoms with van der Waals surface area (Å²) in [7, 11) is 0. The first kappa shape index (κ1) is 11.5. The Morgan fingerprint density at radius 3 is 2.87 bits per heavy atom. The first-order valence-corrected chi connectivity index (χ1v) is 4.77. The highest BCUT2D eigenvalue weighted by molar-refractivity contribution is 5.28. The van der Waals surface area contributed by atoms with Crippen LogP contribution in [0.5, 0.6) is 5.75 Å². The Balaban J connectivity index is 2.54. The van der Waals surface area contributed by atoms with Gasteiger partial charge in [0.25, 0.3) is 0 Å². The summed E-state index contributed by atoms with van der Waals surface area (Å²) < 4.78 is 12.9. The average Bonchev–Trinajstić information content (AvgIpc) is 2.14. The lowest BCUT2D eigenvalue weighted by atomic mass is 10.2. The molecular weight excluding hydrogens is 193 g/mol. The monoisotopic (exact) mass is 207 g/mol. The van der Waals surface area contributed by atoms with Crippen LogP contribution in [-0.4, -0.2) is 11.1 Å². The molecule has 1 rings (SSSR count). The molecule has 1 atom stereocenters. The van der Waals surface area contributed by atoms with Crippen LogP contribution in [0.3, 0.4) is 0 Å². The summed E-state index contributed by atoms with van der Waals surface area (Å²) in [6.45, 7) is 2.45. The summed E-state index contributed by atoms with van der Waals surface area (Å²) in [6.07, 6.45) is 5.78. The van der Waals surface area contributed by atoms with Gasteiger partial charge in [0.2, 0.25) is 0 Å². The Bertz CT molecular complexity index is 350. The molecule has 2 N–H and O–H groups in total. The number of hydrogen-bond donors (Lipinski definition) is 2. The average molecular weight is 207 g/mol. The van der Waals surface area contributed by atoms with E-state index in [9.17, 15) is 4.39 Å². The van der Waals surface area contributed by atoms with Crippen molar-refractivity contribution in [3.63, 3.8) is 0 Å². The van der Waals surface area contributed by atoms with Gasteiger partial charge in [-0.2, -0.15) is 0 Å². The van der Waals surface area contributed by atoms with Crippen molar-refractivity contribution in [1.82, 2.24) is 5.32 Å². The predicted octanol–water partition coefficient (Wildman–Crippen LogP) is 2.03. The van der Waals surface area contributed by atoms with Gasteiger partial charge in [-0.3, -0.25) is 0 Å². The van der Waals surface area contributed by atoms with Crippen molar-refractivity contribution in [3.05, 3.63) is 29.6 Å². The highest BCUT2D eigenvalue weighted by Gasteiger charge is 2.02. The number of rotatable bonds is 4. The molecule has 15 heavy (non-hydrogen) atoms. The van der Waals surface area contributed by atoms with E-state index in [4.69, 9.17) is 11.5 Å². The van der Waals surface area contributed by atoms with E-state index in [2.05, 4.69) is 11.2 Å². The number of phenols is 1. The van der Waals surface area contributed by atoms with Crippen LogP contribution in [0, 0.1) is 18.2 Å². The number of aromatic hydroxyl groups is 1. The summed E-state index contributed by atoms with van der Waals surface area (Å²) in [5, 5.41) is 12.3. The molecule has 0 bridgehead atoms. The molecule has 0 radical (unpaired) electrons. The molecule has 1 aromatic rings. The molecule has 0 spiro atoms. The van der Waals surface area contributed by atoms with Gasteiger partial charge in [0.1, 0.15) is 11.6 Å². The van der Waals surface area contributed by atoms with Crippen molar-refractivity contribution in [3.8, 4) is 18.1 Å². The molecule has 0 fully saturated rings. The van der Waals surface area contributed by atoms with Gasteiger partial charge < -0.3 is 10.4 Å². The van der Waals surface area contributed by atoms with E-state index in [1.807, 2.05) is 6.92 Å². The van der Waals surface area contributed by atoms with E-state index in [-0.39, 0.29) is 11.8 Å². The molecule has 0 saturated carbocycles. The summed E-state index contributed by atoms with van der Waals surface area (Å²) in [6, 6.07) is 4.17. The maximum Gasteiger partial charge on any atom is 0.127 e. The van der Waals surface area contributed by atoms with Crippen molar-refractivity contribution in [2.75, 3.05) is 0 Å². The highest BCUT2D eigenvalue weighted by Crippen LogP contribution is 2.14. The molecule has 80 valence electrons. The van der Waals surface area contributed by atoms with Crippen LogP contribution < -0.4 is 5.32 Å². The number of halogens is 1. The molecular formula is C12H14FNO. The van der Waals surface area contributed by atoms with Crippen LogP contribution in [0.2, 0.25) is 0 Å². The Kier molecular flexibility index (Phi) is 4.14. The Morgan fingerprint density at radius 1 is 1.53 bits per heavy atom. The smallest absolute Gasteiger partial charge is 0.127 e. The van der Waals surface area contributed by atoms with Crippen LogP contribution in [0.15, 0.2) is 18.2 Å². The van der Waals surface area contributed by atoms with E-state index in [1.54, 1.807) is 0 Å². The zero-order chi connectivity index (χ0) is 11.3. The number of nitrogens with one attached hydrogen (secondary N) is 1. The van der Waals surface area contributed by atoms with Crippen molar-refractivity contribution in [2.24, 2.45) is 0 Å². The van der Waals surface area contributed by atoms with Gasteiger partial charge in [-0.15, -0.1) is 12.3 Å². The number of benzene rings is 1. The summed E-state index contributed by atoms with van der Waals surface area (Å²) >= 11 is 0. The van der Waals surface area contributed by atoms with Gasteiger partial charge in [-0.25, -0.2) is 4.39 Å². The van der Waals surface area contributed by atoms with E-state index < -0.39 is 5.82 Å². The normalized spacial score (nSPS) is 12.1. The predicted molar refractivity (Wildman–Crippen MR) is 57.8 cm³/mol. The summed E-state index contributed by atoms with van der Waals surface area (Å²) in [5.41, 5.74) is 0.705. The zero-order valence-electron chi connectivity index (χ0n) is 8.63. The lowest BCUT2D eigenvalue weighted by Gasteiger charge is -2.10. The van der Waals surface area contributed by atoms with Crippen LogP contribution in [0.1, 0.15) is 18.9 Å². The standard InChI is InChI=1S/C12H14FNO/c1-3-4-9(2)14-8-10-5-11(13)7-12(15)6-10/h1,5-7,9,14-15H,4,8H2,2H3. The van der Waals surface area contributed by atoms with E-state index in [0.717, 1.165) is 6.07 Å². The first-order chi connectivity index (χ1) is 7.11. The van der Waals surface area contributed by atoms with Crippen molar-refractivity contribution >= 4 is 0 Å². The molecule has 1 unspecified atom stereocenters. The van der Waals surface area contributed by atoms with Crippen LogP contribution in [-0.2, 0) is 6.54 Å². The Labute approximate surface area is 89.1 Å². The van der Waals surface area contributed by atoms with E-state index in [1.165, 1.54) is 12.1 Å². The zero-order valence-corrected chi connectivity index (χ0v) is 8.63. The largest absolute Gasteiger partial charge is 0.508 e. The minimum absolute atomic E-state index is 0.0589. The Morgan fingerprint density at radius 2 is 2.27 bits per heavy atom. The second-order valence-electron chi connectivity index (χ2n) is 3.51. The Hall–Kier alpha value is -1.53. The fourth-order valence-electron chi connectivity index (χ4n) is 1.28. The third kappa shape index (κ3) is 4.01. The third-order valence-electron chi connectivity index (χ3n) is 2.02. The van der Waals surface area contributed by atoms with Crippen LogP contribution in [0.4, 0.5) is 4.39 Å². The molecule has 0 aliphatic carbocycles. The molecule has 1 aromatic carbocycles. The maximum atomic E-state index is 12.9. The van der Waals surface area contributed by atoms with Crippen molar-refractivity contribution < 1.29 is 9.50 Å². The first-order valence-electron chi connectivity index (χ1n) is 4.77. The number of hydrogen-bond acceptors (Lipinski definition) is 2. The van der Waals surface area contributed by atoms with Gasteiger partial charge in [0.05, 0.1) is 0 Å². The fourth-order valence-corrected chi connectivity index (χ4v) is 1.28. The van der Waals surface area contributed by atoms with Gasteiger partial charge in [-0.05, 0) is 24.6 Å². The number of terminal acetylenes is 1. The lowest BCUT2D eigenvalue weighted by molar-refractivity contribution is 0.466. The van der Waals surface area contributed by atoms with Crippen molar-refractivity contribution in [2.45, 2.75) is 25.9 Å². The molecule has 2 nitrogen and oxygen atoms in total. The fraction of sp³-hybridized carbons (Fsp3) is 0.333. The van der Waals surface area contributed by atoms with E-state index >= 15 is 0 Å². The van der Waals surface area contributed by atoms with Crippen molar-refractivity contribution in [1.29, 1.82) is 0 Å². The van der Waals surface area contributed by atoms with Gasteiger partial charge in [-0.1, -0.05) is 0 Å².